The Morgan fingerprint density at radius 1 is 1.23 bits per heavy atom. The molecule has 0 atom stereocenters. The summed E-state index contributed by atoms with van der Waals surface area (Å²) in [5.74, 6) is -0.321. The molecule has 0 aliphatic rings. The zero-order valence-electron chi connectivity index (χ0n) is 8.07. The van der Waals surface area contributed by atoms with Crippen molar-refractivity contribution in [2.75, 3.05) is 7.11 Å². The number of ether oxygens (including phenoxy) is 1. The zero-order valence-corrected chi connectivity index (χ0v) is 8.97. The van der Waals surface area contributed by atoms with E-state index in [1.54, 1.807) is 24.3 Å². The van der Waals surface area contributed by atoms with Crippen LogP contribution in [0, 0.1) is 0 Å². The maximum Gasteiger partial charge on any atom is 0.337 e. The summed E-state index contributed by atoms with van der Waals surface area (Å²) in [6.45, 7) is 4.00. The van der Waals surface area contributed by atoms with Crippen LogP contribution in [0.5, 0.6) is 0 Å². The number of hydrogen-bond acceptors (Lipinski definition) is 3. The normalized spacial score (nSPS) is 8.31. The van der Waals surface area contributed by atoms with E-state index in [2.05, 4.69) is 17.4 Å². The van der Waals surface area contributed by atoms with Crippen LogP contribution in [0.25, 0.3) is 0 Å². The first-order chi connectivity index (χ1) is 6.24. The number of carbonyl (C=O) groups is 1. The van der Waals surface area contributed by atoms with Crippen molar-refractivity contribution in [3.8, 4) is 0 Å². The maximum absolute atomic E-state index is 10.9. The maximum atomic E-state index is 10.9. The Kier molecular flexibility index (Phi) is 6.06. The molecule has 1 aromatic carbocycles. The Morgan fingerprint density at radius 2 is 1.69 bits per heavy atom. The van der Waals surface area contributed by atoms with Gasteiger partial charge in [0.05, 0.1) is 12.7 Å². The number of carbonyl (C=O) groups excluding carboxylic acids is 1. The fraction of sp³-hybridized carbons (Fsp3) is 0.300. The molecule has 0 saturated heterocycles. The highest BCUT2D eigenvalue weighted by Crippen LogP contribution is 2.08. The van der Waals surface area contributed by atoms with Crippen molar-refractivity contribution in [3.05, 3.63) is 29.8 Å². The fourth-order valence-electron chi connectivity index (χ4n) is 0.715. The van der Waals surface area contributed by atoms with Crippen molar-refractivity contribution >= 4 is 18.6 Å². The van der Waals surface area contributed by atoms with Crippen molar-refractivity contribution in [2.24, 2.45) is 0 Å². The SMILES string of the molecule is CC.COC(=O)c1ccc(S)cc1. The Bertz CT molecular complexity index is 254. The molecule has 0 spiro atoms. The summed E-state index contributed by atoms with van der Waals surface area (Å²) in [6, 6.07) is 6.84. The topological polar surface area (TPSA) is 26.3 Å². The second-order valence-corrected chi connectivity index (χ2v) is 2.55. The highest BCUT2D eigenvalue weighted by molar-refractivity contribution is 7.80. The van der Waals surface area contributed by atoms with Gasteiger partial charge in [0, 0.05) is 4.90 Å². The summed E-state index contributed by atoms with van der Waals surface area (Å²) >= 11 is 4.08. The molecule has 0 fully saturated rings. The highest BCUT2D eigenvalue weighted by atomic mass is 32.1. The van der Waals surface area contributed by atoms with Crippen LogP contribution in [0.4, 0.5) is 0 Å². The van der Waals surface area contributed by atoms with E-state index in [1.807, 2.05) is 13.8 Å². The zero-order chi connectivity index (χ0) is 10.3. The summed E-state index contributed by atoms with van der Waals surface area (Å²) in [7, 11) is 1.36. The first-order valence-corrected chi connectivity index (χ1v) is 4.56. The molecule has 0 N–H and O–H groups in total. The van der Waals surface area contributed by atoms with E-state index in [1.165, 1.54) is 7.11 Å². The van der Waals surface area contributed by atoms with E-state index in [-0.39, 0.29) is 5.97 Å². The van der Waals surface area contributed by atoms with Crippen molar-refractivity contribution in [1.29, 1.82) is 0 Å². The van der Waals surface area contributed by atoms with Gasteiger partial charge in [0.25, 0.3) is 0 Å². The summed E-state index contributed by atoms with van der Waals surface area (Å²) < 4.78 is 4.51. The number of thiol groups is 1. The molecular weight excluding hydrogens is 184 g/mol. The Balaban J connectivity index is 0.000000671. The standard InChI is InChI=1S/C8H8O2S.C2H6/c1-10-8(9)6-2-4-7(11)5-3-6;1-2/h2-5,11H,1H3;1-2H3. The molecule has 72 valence electrons. The quantitative estimate of drug-likeness (QED) is 0.554. The summed E-state index contributed by atoms with van der Waals surface area (Å²) in [5, 5.41) is 0. The van der Waals surface area contributed by atoms with Gasteiger partial charge >= 0.3 is 5.97 Å². The predicted octanol–water partition coefficient (Wildman–Crippen LogP) is 2.79. The lowest BCUT2D eigenvalue weighted by Gasteiger charge is -1.97. The van der Waals surface area contributed by atoms with Crippen molar-refractivity contribution in [3.63, 3.8) is 0 Å². The van der Waals surface area contributed by atoms with Crippen LogP contribution >= 0.6 is 12.6 Å². The van der Waals surface area contributed by atoms with Gasteiger partial charge in [-0.2, -0.15) is 0 Å². The average Bonchev–Trinajstić information content (AvgIpc) is 2.21. The van der Waals surface area contributed by atoms with E-state index in [9.17, 15) is 4.79 Å². The lowest BCUT2D eigenvalue weighted by molar-refractivity contribution is 0.0600. The molecule has 0 unspecified atom stereocenters. The second kappa shape index (κ2) is 6.54. The smallest absolute Gasteiger partial charge is 0.337 e. The van der Waals surface area contributed by atoms with Crippen molar-refractivity contribution in [1.82, 2.24) is 0 Å². The highest BCUT2D eigenvalue weighted by Gasteiger charge is 2.02. The number of esters is 1. The third kappa shape index (κ3) is 3.99. The average molecular weight is 198 g/mol. The lowest BCUT2D eigenvalue weighted by atomic mass is 10.2. The minimum atomic E-state index is -0.321. The van der Waals surface area contributed by atoms with Gasteiger partial charge in [0.1, 0.15) is 0 Å². The van der Waals surface area contributed by atoms with Gasteiger partial charge in [-0.15, -0.1) is 12.6 Å². The van der Waals surface area contributed by atoms with Gasteiger partial charge < -0.3 is 4.74 Å². The van der Waals surface area contributed by atoms with Crippen LogP contribution in [0.1, 0.15) is 24.2 Å². The van der Waals surface area contributed by atoms with E-state index in [4.69, 9.17) is 0 Å². The fourth-order valence-corrected chi connectivity index (χ4v) is 0.864. The molecule has 0 aliphatic heterocycles. The van der Waals surface area contributed by atoms with Gasteiger partial charge in [0.2, 0.25) is 0 Å². The molecule has 0 amide bonds. The van der Waals surface area contributed by atoms with E-state index >= 15 is 0 Å². The molecule has 1 rings (SSSR count). The van der Waals surface area contributed by atoms with Crippen molar-refractivity contribution in [2.45, 2.75) is 18.7 Å². The monoisotopic (exact) mass is 198 g/mol. The molecule has 0 aromatic heterocycles. The molecule has 0 bridgehead atoms. The second-order valence-electron chi connectivity index (χ2n) is 2.04. The van der Waals surface area contributed by atoms with E-state index in [0.717, 1.165) is 4.90 Å². The number of hydrogen-bond donors (Lipinski definition) is 1. The van der Waals surface area contributed by atoms with E-state index < -0.39 is 0 Å². The summed E-state index contributed by atoms with van der Waals surface area (Å²) in [4.78, 5) is 11.7. The molecular formula is C10H14O2S. The first kappa shape index (κ1) is 12.0. The van der Waals surface area contributed by atoms with Crippen molar-refractivity contribution < 1.29 is 9.53 Å². The lowest BCUT2D eigenvalue weighted by Crippen LogP contribution is -1.99. The van der Waals surface area contributed by atoms with Crippen LogP contribution in [-0.4, -0.2) is 13.1 Å². The molecule has 2 nitrogen and oxygen atoms in total. The number of benzene rings is 1. The van der Waals surface area contributed by atoms with Crippen LogP contribution in [-0.2, 0) is 4.74 Å². The minimum Gasteiger partial charge on any atom is -0.465 e. The summed E-state index contributed by atoms with van der Waals surface area (Å²) in [6.07, 6.45) is 0. The Labute approximate surface area is 84.3 Å². The Morgan fingerprint density at radius 3 is 2.08 bits per heavy atom. The molecule has 0 heterocycles. The molecule has 1 aromatic rings. The third-order valence-corrected chi connectivity index (χ3v) is 1.59. The van der Waals surface area contributed by atoms with Gasteiger partial charge in [0.15, 0.2) is 0 Å². The van der Waals surface area contributed by atoms with E-state index in [0.29, 0.717) is 5.56 Å². The van der Waals surface area contributed by atoms with Crippen LogP contribution < -0.4 is 0 Å². The van der Waals surface area contributed by atoms with Gasteiger partial charge in [-0.05, 0) is 24.3 Å². The molecule has 0 radical (unpaired) electrons. The first-order valence-electron chi connectivity index (χ1n) is 4.11. The molecule has 13 heavy (non-hydrogen) atoms. The van der Waals surface area contributed by atoms with Crippen LogP contribution in [0.3, 0.4) is 0 Å². The minimum absolute atomic E-state index is 0.321. The number of methoxy groups -OCH3 is 1. The molecule has 3 heteroatoms. The third-order valence-electron chi connectivity index (χ3n) is 1.29. The van der Waals surface area contributed by atoms with Gasteiger partial charge in [-0.3, -0.25) is 0 Å². The number of rotatable bonds is 1. The van der Waals surface area contributed by atoms with Gasteiger partial charge in [-0.1, -0.05) is 13.8 Å². The molecule has 0 aliphatic carbocycles. The predicted molar refractivity (Wildman–Crippen MR) is 56.4 cm³/mol. The van der Waals surface area contributed by atoms with Crippen LogP contribution in [0.15, 0.2) is 29.2 Å². The molecule has 0 saturated carbocycles. The van der Waals surface area contributed by atoms with Gasteiger partial charge in [-0.25, -0.2) is 4.79 Å². The Hall–Kier alpha value is -0.960. The van der Waals surface area contributed by atoms with Crippen LogP contribution in [0.2, 0.25) is 0 Å². The largest absolute Gasteiger partial charge is 0.465 e. The summed E-state index contributed by atoms with van der Waals surface area (Å²) in [5.41, 5.74) is 0.547.